The number of hydrogen-bond donors (Lipinski definition) is 1. The lowest BCUT2D eigenvalue weighted by Crippen LogP contribution is -2.52. The van der Waals surface area contributed by atoms with E-state index in [4.69, 9.17) is 0 Å². The second-order valence-corrected chi connectivity index (χ2v) is 6.58. The van der Waals surface area contributed by atoms with Crippen LogP contribution in [0.15, 0.2) is 48.5 Å². The Morgan fingerprint density at radius 2 is 1.83 bits per heavy atom. The molecule has 0 aliphatic carbocycles. The fourth-order valence-corrected chi connectivity index (χ4v) is 3.27. The zero-order valence-electron chi connectivity index (χ0n) is 15.5. The lowest BCUT2D eigenvalue weighted by Gasteiger charge is -2.34. The van der Waals surface area contributed by atoms with Crippen LogP contribution in [0.1, 0.15) is 13.3 Å². The first kappa shape index (κ1) is 20.6. The molecule has 1 atom stereocenters. The van der Waals surface area contributed by atoms with E-state index in [0.717, 1.165) is 0 Å². The van der Waals surface area contributed by atoms with Gasteiger partial charge in [0.2, 0.25) is 11.8 Å². The molecule has 2 aromatic rings. The van der Waals surface area contributed by atoms with Crippen LogP contribution in [0.5, 0.6) is 0 Å². The van der Waals surface area contributed by atoms with Gasteiger partial charge >= 0.3 is 6.18 Å². The smallest absolute Gasteiger partial charge is 0.362 e. The second-order valence-electron chi connectivity index (χ2n) is 6.58. The number of likely N-dealkylation sites (N-methyl/N-ethyl adjacent to an activating group) is 1. The van der Waals surface area contributed by atoms with Gasteiger partial charge in [-0.2, -0.15) is 13.2 Å². The van der Waals surface area contributed by atoms with Crippen LogP contribution in [0.4, 0.5) is 34.6 Å². The lowest BCUT2D eigenvalue weighted by molar-refractivity contribution is -0.157. The normalized spacial score (nSPS) is 16.7. The summed E-state index contributed by atoms with van der Waals surface area (Å²) in [5, 5.41) is 2.43. The van der Waals surface area contributed by atoms with Crippen molar-refractivity contribution in [3.05, 3.63) is 54.3 Å². The van der Waals surface area contributed by atoms with Crippen LogP contribution in [0.3, 0.4) is 0 Å². The highest BCUT2D eigenvalue weighted by Gasteiger charge is 2.49. The molecule has 3 rings (SSSR count). The molecule has 1 heterocycles. The molecule has 1 aliphatic heterocycles. The van der Waals surface area contributed by atoms with Crippen LogP contribution in [0, 0.1) is 5.82 Å². The van der Waals surface area contributed by atoms with Crippen LogP contribution in [0.2, 0.25) is 0 Å². The molecule has 0 aromatic heterocycles. The molecule has 2 aromatic carbocycles. The van der Waals surface area contributed by atoms with Crippen molar-refractivity contribution in [1.82, 2.24) is 0 Å². The number of para-hydroxylation sites is 2. The Balaban J connectivity index is 1.98. The molecular weight excluding hydrogens is 390 g/mol. The van der Waals surface area contributed by atoms with Gasteiger partial charge in [-0.25, -0.2) is 4.39 Å². The average Bonchev–Trinajstić information content (AvgIpc) is 2.82. The quantitative estimate of drug-likeness (QED) is 0.778. The van der Waals surface area contributed by atoms with Crippen LogP contribution in [-0.2, 0) is 9.59 Å². The Morgan fingerprint density at radius 1 is 1.17 bits per heavy atom. The summed E-state index contributed by atoms with van der Waals surface area (Å²) in [4.78, 5) is 27.2. The molecule has 0 saturated carbocycles. The second kappa shape index (κ2) is 8.10. The molecule has 1 unspecified atom stereocenters. The van der Waals surface area contributed by atoms with Crippen molar-refractivity contribution < 1.29 is 27.2 Å². The molecule has 0 bridgehead atoms. The van der Waals surface area contributed by atoms with E-state index in [9.17, 15) is 27.2 Å². The predicted octanol–water partition coefficient (Wildman–Crippen LogP) is 3.96. The predicted molar refractivity (Wildman–Crippen MR) is 101 cm³/mol. The molecule has 29 heavy (non-hydrogen) atoms. The molecule has 154 valence electrons. The van der Waals surface area contributed by atoms with Gasteiger partial charge in [-0.3, -0.25) is 14.5 Å². The minimum absolute atomic E-state index is 0.0131. The van der Waals surface area contributed by atoms with E-state index in [1.54, 1.807) is 13.0 Å². The number of rotatable bonds is 4. The summed E-state index contributed by atoms with van der Waals surface area (Å²) in [7, 11) is 0. The number of carbonyl (C=O) groups is 2. The van der Waals surface area contributed by atoms with E-state index >= 15 is 0 Å². The molecule has 0 fully saturated rings. The topological polar surface area (TPSA) is 52.7 Å². The third kappa shape index (κ3) is 4.49. The number of nitrogens with one attached hydrogen (secondary N) is 1. The number of carbonyl (C=O) groups excluding carboxylic acids is 2. The molecule has 5 nitrogen and oxygen atoms in total. The van der Waals surface area contributed by atoms with Crippen LogP contribution < -0.4 is 15.1 Å². The number of fused-ring (bicyclic) bond motifs is 1. The molecular formula is C20H19F4N3O2. The Labute approximate surface area is 164 Å². The maximum Gasteiger partial charge on any atom is 0.409 e. The molecule has 1 aliphatic rings. The molecule has 9 heteroatoms. The minimum Gasteiger partial charge on any atom is -0.362 e. The highest BCUT2D eigenvalue weighted by molar-refractivity contribution is 6.05. The molecule has 0 spiro atoms. The van der Waals surface area contributed by atoms with Crippen molar-refractivity contribution in [2.24, 2.45) is 0 Å². The maximum atomic E-state index is 13.8. The van der Waals surface area contributed by atoms with Gasteiger partial charge in [0.25, 0.3) is 0 Å². The number of benzene rings is 2. The first-order valence-electron chi connectivity index (χ1n) is 8.99. The summed E-state index contributed by atoms with van der Waals surface area (Å²) in [5.74, 6) is -2.09. The van der Waals surface area contributed by atoms with E-state index < -0.39 is 36.3 Å². The van der Waals surface area contributed by atoms with Gasteiger partial charge in [0.1, 0.15) is 11.9 Å². The largest absolute Gasteiger partial charge is 0.409 e. The number of halogens is 4. The van der Waals surface area contributed by atoms with Crippen LogP contribution in [0.25, 0.3) is 0 Å². The SMILES string of the molecule is CCN(CC(=O)N1c2ccccc2NC(=O)CC1C(F)(F)F)c1ccc(F)cc1. The Hall–Kier alpha value is -3.10. The van der Waals surface area contributed by atoms with E-state index in [0.29, 0.717) is 17.1 Å². The van der Waals surface area contributed by atoms with Crippen molar-refractivity contribution in [2.75, 3.05) is 28.2 Å². The summed E-state index contributed by atoms with van der Waals surface area (Å²) in [6.07, 6.45) is -5.69. The number of amides is 2. The first-order valence-corrected chi connectivity index (χ1v) is 8.99. The summed E-state index contributed by atoms with van der Waals surface area (Å²) < 4.78 is 54.5. The van der Waals surface area contributed by atoms with Gasteiger partial charge in [-0.1, -0.05) is 12.1 Å². The van der Waals surface area contributed by atoms with Crippen molar-refractivity contribution in [3.63, 3.8) is 0 Å². The number of alkyl halides is 3. The Kier molecular flexibility index (Phi) is 5.76. The van der Waals surface area contributed by atoms with Crippen LogP contribution in [-0.4, -0.2) is 37.1 Å². The molecule has 2 amide bonds. The summed E-state index contributed by atoms with van der Waals surface area (Å²) in [6.45, 7) is 1.69. The van der Waals surface area contributed by atoms with Crippen molar-refractivity contribution in [3.8, 4) is 0 Å². The maximum absolute atomic E-state index is 13.8. The van der Waals surface area contributed by atoms with E-state index in [2.05, 4.69) is 5.32 Å². The first-order chi connectivity index (χ1) is 13.7. The van der Waals surface area contributed by atoms with Gasteiger partial charge in [0, 0.05) is 12.2 Å². The average molecular weight is 409 g/mol. The fraction of sp³-hybridized carbons (Fsp3) is 0.300. The zero-order chi connectivity index (χ0) is 21.2. The van der Waals surface area contributed by atoms with E-state index in [1.807, 2.05) is 0 Å². The molecule has 0 radical (unpaired) electrons. The van der Waals surface area contributed by atoms with Crippen molar-refractivity contribution >= 4 is 28.9 Å². The lowest BCUT2D eigenvalue weighted by atomic mass is 10.1. The number of anilines is 3. The third-order valence-electron chi connectivity index (χ3n) is 4.67. The monoisotopic (exact) mass is 409 g/mol. The number of nitrogens with zero attached hydrogens (tertiary/aromatic N) is 2. The summed E-state index contributed by atoms with van der Waals surface area (Å²) in [6, 6.07) is 8.92. The highest BCUT2D eigenvalue weighted by atomic mass is 19.4. The summed E-state index contributed by atoms with van der Waals surface area (Å²) in [5.41, 5.74) is 0.631. The number of hydrogen-bond acceptors (Lipinski definition) is 3. The van der Waals surface area contributed by atoms with Crippen molar-refractivity contribution in [1.29, 1.82) is 0 Å². The summed E-state index contributed by atoms with van der Waals surface area (Å²) >= 11 is 0. The van der Waals surface area contributed by atoms with Gasteiger partial charge in [-0.05, 0) is 43.3 Å². The van der Waals surface area contributed by atoms with Gasteiger partial charge in [0.15, 0.2) is 0 Å². The Bertz CT molecular complexity index is 899. The van der Waals surface area contributed by atoms with Crippen LogP contribution >= 0.6 is 0 Å². The van der Waals surface area contributed by atoms with Gasteiger partial charge < -0.3 is 10.2 Å². The zero-order valence-corrected chi connectivity index (χ0v) is 15.5. The van der Waals surface area contributed by atoms with Gasteiger partial charge in [0.05, 0.1) is 24.3 Å². The molecule has 1 N–H and O–H groups in total. The van der Waals surface area contributed by atoms with Gasteiger partial charge in [-0.15, -0.1) is 0 Å². The fourth-order valence-electron chi connectivity index (χ4n) is 3.27. The van der Waals surface area contributed by atoms with Crippen molar-refractivity contribution in [2.45, 2.75) is 25.6 Å². The molecule has 0 saturated heterocycles. The Morgan fingerprint density at radius 3 is 2.45 bits per heavy atom. The third-order valence-corrected chi connectivity index (χ3v) is 4.67. The van der Waals surface area contributed by atoms with E-state index in [1.165, 1.54) is 47.4 Å². The van der Waals surface area contributed by atoms with E-state index in [-0.39, 0.29) is 17.9 Å². The standard InChI is InChI=1S/C20H19F4N3O2/c1-2-26(14-9-7-13(21)8-10-14)12-19(29)27-16-6-4-3-5-15(16)25-18(28)11-17(27)20(22,23)24/h3-10,17H,2,11-12H2,1H3,(H,25,28). The minimum atomic E-state index is -4.79. The highest BCUT2D eigenvalue weighted by Crippen LogP contribution is 2.37.